The summed E-state index contributed by atoms with van der Waals surface area (Å²) in [6, 6.07) is 3.85. The lowest BCUT2D eigenvalue weighted by atomic mass is 10.0. The van der Waals surface area contributed by atoms with Gasteiger partial charge in [0, 0.05) is 24.8 Å². The van der Waals surface area contributed by atoms with Gasteiger partial charge in [0.25, 0.3) is 11.8 Å². The van der Waals surface area contributed by atoms with Crippen LogP contribution >= 0.6 is 0 Å². The zero-order valence-corrected chi connectivity index (χ0v) is 16.4. The fourth-order valence-electron chi connectivity index (χ4n) is 3.62. The molecule has 1 fully saturated rings. The van der Waals surface area contributed by atoms with Gasteiger partial charge in [-0.2, -0.15) is 0 Å². The van der Waals surface area contributed by atoms with Crippen molar-refractivity contribution in [2.45, 2.75) is 57.4 Å². The van der Waals surface area contributed by atoms with Crippen LogP contribution in [-0.2, 0) is 14.4 Å². The number of aliphatic carboxylic acids is 1. The van der Waals surface area contributed by atoms with Gasteiger partial charge in [-0.3, -0.25) is 34.2 Å². The third-order valence-corrected chi connectivity index (χ3v) is 5.13. The van der Waals surface area contributed by atoms with Crippen LogP contribution in [0.25, 0.3) is 0 Å². The van der Waals surface area contributed by atoms with Crippen molar-refractivity contribution >= 4 is 29.6 Å². The minimum absolute atomic E-state index is 0.0724. The van der Waals surface area contributed by atoms with E-state index in [0.29, 0.717) is 18.4 Å². The van der Waals surface area contributed by atoms with E-state index in [0.717, 1.165) is 24.2 Å². The molecule has 1 aromatic rings. The Balaban J connectivity index is 1.66. The minimum Gasteiger partial charge on any atom is -0.481 e. The van der Waals surface area contributed by atoms with Crippen molar-refractivity contribution in [3.05, 3.63) is 34.9 Å². The third-order valence-electron chi connectivity index (χ3n) is 5.13. The van der Waals surface area contributed by atoms with Crippen LogP contribution in [0.5, 0.6) is 0 Å². The number of unbranched alkanes of at least 4 members (excludes halogenated alkanes) is 4. The first-order chi connectivity index (χ1) is 14.4. The highest BCUT2D eigenvalue weighted by molar-refractivity contribution is 6.24. The molecule has 0 aliphatic carbocycles. The van der Waals surface area contributed by atoms with E-state index in [1.54, 1.807) is 12.1 Å². The highest BCUT2D eigenvalue weighted by atomic mass is 16.4. The Morgan fingerprint density at radius 2 is 1.87 bits per heavy atom. The summed E-state index contributed by atoms with van der Waals surface area (Å²) in [6.07, 6.45) is 4.09. The monoisotopic (exact) mass is 410 g/mol. The van der Waals surface area contributed by atoms with E-state index in [4.69, 9.17) is 5.11 Å². The lowest BCUT2D eigenvalue weighted by molar-refractivity contribution is -0.138. The standard InChI is InChI=1S/C22H22N2O6/c25-17-13-12-16(20(28)23-17)24-21(29)15-10-7-9-14(19(15)22(24)30)8-5-3-1-2-4-6-11-18(26)27/h7,9-10,16H,1-4,6,11-13H2,(H,26,27)(H,23,25,28). The number of carboxylic acid groups (broad SMARTS) is 1. The number of nitrogens with zero attached hydrogens (tertiary/aromatic N) is 1. The highest BCUT2D eigenvalue weighted by Crippen LogP contribution is 2.29. The van der Waals surface area contributed by atoms with Crippen molar-refractivity contribution in [2.24, 2.45) is 0 Å². The molecule has 0 bridgehead atoms. The number of nitrogens with one attached hydrogen (secondary N) is 1. The second kappa shape index (κ2) is 9.35. The molecule has 3 rings (SSSR count). The normalized spacial score (nSPS) is 18.0. The van der Waals surface area contributed by atoms with Gasteiger partial charge in [0.1, 0.15) is 6.04 Å². The Labute approximate surface area is 173 Å². The molecule has 2 aliphatic rings. The Morgan fingerprint density at radius 3 is 2.60 bits per heavy atom. The van der Waals surface area contributed by atoms with Crippen LogP contribution in [0.1, 0.15) is 77.6 Å². The minimum atomic E-state index is -0.998. The number of amides is 4. The SMILES string of the molecule is O=C(O)CCCCCCC#Cc1cccc2c1C(=O)N(C1CCC(=O)NC1=O)C2=O. The number of hydrogen-bond acceptors (Lipinski definition) is 5. The van der Waals surface area contributed by atoms with Crippen LogP contribution in [0.15, 0.2) is 18.2 Å². The molecule has 1 unspecified atom stereocenters. The van der Waals surface area contributed by atoms with E-state index < -0.39 is 35.6 Å². The van der Waals surface area contributed by atoms with Crippen LogP contribution < -0.4 is 5.32 Å². The van der Waals surface area contributed by atoms with Gasteiger partial charge in [0.2, 0.25) is 11.8 Å². The maximum atomic E-state index is 12.9. The van der Waals surface area contributed by atoms with E-state index in [9.17, 15) is 24.0 Å². The molecule has 2 N–H and O–H groups in total. The van der Waals surface area contributed by atoms with Gasteiger partial charge in [-0.25, -0.2) is 0 Å². The molecule has 1 saturated heterocycles. The third kappa shape index (κ3) is 4.57. The van der Waals surface area contributed by atoms with Crippen molar-refractivity contribution in [1.29, 1.82) is 0 Å². The average molecular weight is 410 g/mol. The Kier molecular flexibility index (Phi) is 6.62. The zero-order valence-electron chi connectivity index (χ0n) is 16.4. The van der Waals surface area contributed by atoms with Crippen LogP contribution in [0.2, 0.25) is 0 Å². The molecular formula is C22H22N2O6. The lowest BCUT2D eigenvalue weighted by Crippen LogP contribution is -2.54. The molecule has 0 spiro atoms. The van der Waals surface area contributed by atoms with Gasteiger partial charge < -0.3 is 5.11 Å². The largest absolute Gasteiger partial charge is 0.481 e. The summed E-state index contributed by atoms with van der Waals surface area (Å²) in [5.74, 6) is 2.99. The predicted octanol–water partition coefficient (Wildman–Crippen LogP) is 1.86. The van der Waals surface area contributed by atoms with Crippen LogP contribution in [-0.4, -0.2) is 45.6 Å². The summed E-state index contributed by atoms with van der Waals surface area (Å²) in [7, 11) is 0. The maximum Gasteiger partial charge on any atom is 0.303 e. The number of hydrogen-bond donors (Lipinski definition) is 2. The van der Waals surface area contributed by atoms with E-state index in [1.807, 2.05) is 0 Å². The predicted molar refractivity (Wildman–Crippen MR) is 105 cm³/mol. The number of piperidine rings is 1. The number of carboxylic acids is 1. The van der Waals surface area contributed by atoms with Crippen molar-refractivity contribution in [3.63, 3.8) is 0 Å². The first kappa shape index (κ1) is 21.2. The number of benzene rings is 1. The molecule has 30 heavy (non-hydrogen) atoms. The van der Waals surface area contributed by atoms with Gasteiger partial charge >= 0.3 is 5.97 Å². The van der Waals surface area contributed by atoms with Crippen LogP contribution in [0.4, 0.5) is 0 Å². The van der Waals surface area contributed by atoms with Crippen LogP contribution in [0.3, 0.4) is 0 Å². The molecule has 0 aromatic heterocycles. The van der Waals surface area contributed by atoms with Crippen LogP contribution in [0, 0.1) is 11.8 Å². The molecule has 0 saturated carbocycles. The number of fused-ring (bicyclic) bond motifs is 1. The Hall–Kier alpha value is -3.47. The second-order valence-corrected chi connectivity index (χ2v) is 7.29. The molecule has 2 heterocycles. The topological polar surface area (TPSA) is 121 Å². The highest BCUT2D eigenvalue weighted by Gasteiger charge is 2.45. The fourth-order valence-corrected chi connectivity index (χ4v) is 3.62. The van der Waals surface area contributed by atoms with Crippen molar-refractivity contribution in [3.8, 4) is 11.8 Å². The summed E-state index contributed by atoms with van der Waals surface area (Å²) in [5.41, 5.74) is 0.845. The number of rotatable bonds is 7. The molecule has 2 aliphatic heterocycles. The fraction of sp³-hybridized carbons (Fsp3) is 0.409. The quantitative estimate of drug-likeness (QED) is 0.402. The van der Waals surface area contributed by atoms with Gasteiger partial charge in [0.15, 0.2) is 0 Å². The van der Waals surface area contributed by atoms with E-state index >= 15 is 0 Å². The zero-order chi connectivity index (χ0) is 21.7. The van der Waals surface area contributed by atoms with Gasteiger partial charge in [-0.15, -0.1) is 0 Å². The average Bonchev–Trinajstić information content (AvgIpc) is 2.95. The van der Waals surface area contributed by atoms with Crippen molar-refractivity contribution in [2.75, 3.05) is 0 Å². The molecule has 1 atom stereocenters. The number of carbonyl (C=O) groups is 5. The maximum absolute atomic E-state index is 12.9. The molecule has 0 radical (unpaired) electrons. The summed E-state index contributed by atoms with van der Waals surface area (Å²) in [5, 5.41) is 10.8. The molecule has 156 valence electrons. The van der Waals surface area contributed by atoms with Crippen molar-refractivity contribution in [1.82, 2.24) is 10.2 Å². The van der Waals surface area contributed by atoms with Crippen molar-refractivity contribution < 1.29 is 29.1 Å². The van der Waals surface area contributed by atoms with Gasteiger partial charge in [0.05, 0.1) is 11.1 Å². The lowest BCUT2D eigenvalue weighted by Gasteiger charge is -2.27. The first-order valence-corrected chi connectivity index (χ1v) is 9.95. The Bertz CT molecular complexity index is 972. The summed E-state index contributed by atoms with van der Waals surface area (Å²) >= 11 is 0. The van der Waals surface area contributed by atoms with E-state index in [2.05, 4.69) is 17.2 Å². The summed E-state index contributed by atoms with van der Waals surface area (Å²) in [4.78, 5) is 60.6. The molecule has 8 heteroatoms. The number of carbonyl (C=O) groups excluding carboxylic acids is 4. The van der Waals surface area contributed by atoms with E-state index in [-0.39, 0.29) is 30.4 Å². The summed E-state index contributed by atoms with van der Waals surface area (Å²) < 4.78 is 0. The second-order valence-electron chi connectivity index (χ2n) is 7.29. The Morgan fingerprint density at radius 1 is 1.10 bits per heavy atom. The van der Waals surface area contributed by atoms with Gasteiger partial charge in [-0.1, -0.05) is 30.7 Å². The summed E-state index contributed by atoms with van der Waals surface area (Å²) in [6.45, 7) is 0. The molecule has 4 amide bonds. The molecule has 8 nitrogen and oxygen atoms in total. The number of imide groups is 2. The molecule has 1 aromatic carbocycles. The first-order valence-electron chi connectivity index (χ1n) is 9.95. The van der Waals surface area contributed by atoms with Gasteiger partial charge in [-0.05, 0) is 31.4 Å². The molecular weight excluding hydrogens is 388 g/mol. The van der Waals surface area contributed by atoms with E-state index in [1.165, 1.54) is 6.07 Å². The smallest absolute Gasteiger partial charge is 0.303 e.